The average Bonchev–Trinajstić information content (AvgIpc) is 3.63. The Hall–Kier alpha value is -6.65. The monoisotopic (exact) mass is 1010 g/mol. The van der Waals surface area contributed by atoms with Crippen LogP contribution in [0.15, 0.2) is 78.9 Å². The molecule has 0 aliphatic heterocycles. The summed E-state index contributed by atoms with van der Waals surface area (Å²) in [6, 6.07) is 20.5. The van der Waals surface area contributed by atoms with Crippen molar-refractivity contribution in [3.63, 3.8) is 0 Å². The number of hydrogen-bond donors (Lipinski definition) is 6. The van der Waals surface area contributed by atoms with Gasteiger partial charge in [-0.1, -0.05) is 107 Å². The van der Waals surface area contributed by atoms with Crippen LogP contribution in [0.2, 0.25) is 0 Å². The number of nitrogens with one attached hydrogen (secondary N) is 6. The van der Waals surface area contributed by atoms with Gasteiger partial charge in [-0.3, -0.25) is 14.4 Å². The smallest absolute Gasteiger partial charge is 0.407 e. The minimum atomic E-state index is -1.21. The summed E-state index contributed by atoms with van der Waals surface area (Å²) < 4.78 is 22.2. The Labute approximate surface area is 431 Å². The van der Waals surface area contributed by atoms with Crippen molar-refractivity contribution in [3.05, 3.63) is 95.6 Å². The predicted molar refractivity (Wildman–Crippen MR) is 279 cm³/mol. The molecule has 0 fully saturated rings. The molecule has 400 valence electrons. The van der Waals surface area contributed by atoms with Gasteiger partial charge < -0.3 is 50.8 Å². The molecule has 73 heavy (non-hydrogen) atoms. The molecule has 3 aromatic carbocycles. The van der Waals surface area contributed by atoms with Gasteiger partial charge in [0.1, 0.15) is 48.6 Å². The number of fused-ring (bicyclic) bond motifs is 3. The maximum absolute atomic E-state index is 14.5. The Morgan fingerprint density at radius 1 is 0.493 bits per heavy atom. The molecular weight excluding hydrogens is 933 g/mol. The van der Waals surface area contributed by atoms with Gasteiger partial charge in [0.25, 0.3) is 0 Å². The number of benzene rings is 3. The van der Waals surface area contributed by atoms with E-state index < -0.39 is 77.3 Å². The van der Waals surface area contributed by atoms with Crippen LogP contribution in [0.3, 0.4) is 0 Å². The normalized spacial score (nSPS) is 13.8. The summed E-state index contributed by atoms with van der Waals surface area (Å²) >= 11 is 0. The van der Waals surface area contributed by atoms with Crippen LogP contribution in [-0.4, -0.2) is 97.0 Å². The zero-order valence-electron chi connectivity index (χ0n) is 44.5. The molecule has 1 aliphatic carbocycles. The summed E-state index contributed by atoms with van der Waals surface area (Å²) in [6.07, 6.45) is 0.205. The van der Waals surface area contributed by atoms with Gasteiger partial charge >= 0.3 is 24.2 Å². The van der Waals surface area contributed by atoms with Crippen molar-refractivity contribution in [2.45, 2.75) is 168 Å². The van der Waals surface area contributed by atoms with E-state index >= 15 is 0 Å². The van der Waals surface area contributed by atoms with Gasteiger partial charge in [-0.2, -0.15) is 0 Å². The molecule has 4 atom stereocenters. The van der Waals surface area contributed by atoms with Crippen LogP contribution in [0.1, 0.15) is 143 Å². The van der Waals surface area contributed by atoms with E-state index in [0.717, 1.165) is 27.8 Å². The Bertz CT molecular complexity index is 2250. The molecule has 0 saturated carbocycles. The fourth-order valence-electron chi connectivity index (χ4n) is 8.31. The zero-order chi connectivity index (χ0) is 53.7. The van der Waals surface area contributed by atoms with Crippen molar-refractivity contribution >= 4 is 42.0 Å². The summed E-state index contributed by atoms with van der Waals surface area (Å²) in [4.78, 5) is 94.9. The SMILES string of the molecule is CC(C)C[C@H](NC(=O)[C@@H](CCCCNC(=O)OC(C)(C)C)NC(=O)[C@@H](CCCCNC(=O)OC(C)(C)C)NC(=O)OCC1c2ccccc2-c2ccccc21)C(=O)N[C@@H](CC(C)C)C(=O)OCc1ccccc1. The molecule has 0 saturated heterocycles. The molecule has 4 rings (SSSR count). The third-order valence-corrected chi connectivity index (χ3v) is 11.6. The van der Waals surface area contributed by atoms with Crippen LogP contribution >= 0.6 is 0 Å². The first-order valence-electron chi connectivity index (χ1n) is 25.7. The van der Waals surface area contributed by atoms with Crippen LogP contribution < -0.4 is 31.9 Å². The summed E-state index contributed by atoms with van der Waals surface area (Å²) in [5, 5.41) is 16.7. The van der Waals surface area contributed by atoms with E-state index in [4.69, 9.17) is 18.9 Å². The number of amides is 6. The van der Waals surface area contributed by atoms with Crippen LogP contribution in [0.4, 0.5) is 14.4 Å². The topological polar surface area (TPSA) is 229 Å². The van der Waals surface area contributed by atoms with Gasteiger partial charge in [0.15, 0.2) is 0 Å². The summed E-state index contributed by atoms with van der Waals surface area (Å²) in [6.45, 7) is 18.6. The van der Waals surface area contributed by atoms with Crippen molar-refractivity contribution < 1.29 is 52.5 Å². The first-order chi connectivity index (χ1) is 34.5. The van der Waals surface area contributed by atoms with Gasteiger partial charge in [-0.25, -0.2) is 19.2 Å². The molecule has 0 radical (unpaired) electrons. The van der Waals surface area contributed by atoms with Crippen molar-refractivity contribution in [1.82, 2.24) is 31.9 Å². The molecule has 6 N–H and O–H groups in total. The first kappa shape index (κ1) is 58.9. The average molecular weight is 1010 g/mol. The maximum Gasteiger partial charge on any atom is 0.407 e. The third-order valence-electron chi connectivity index (χ3n) is 11.6. The highest BCUT2D eigenvalue weighted by Gasteiger charge is 2.34. The standard InChI is InChI=1S/C56H80N6O11/c1-36(2)32-46(50(65)61-47(33-37(3)4)51(66)70-34-38-22-12-11-13-23-38)60-48(63)44(28-18-20-30-57-52(67)72-55(5,6)7)59-49(64)45(29-19-21-31-58-53(68)73-56(8,9)10)62-54(69)71-35-43-41-26-16-14-24-39(41)40-25-15-17-27-42(40)43/h11-17,22-27,36-37,43-47H,18-21,28-35H2,1-10H3,(H,57,67)(H,58,68)(H,59,64)(H,60,63)(H,61,65)(H,62,69)/t44-,45-,46+,47+/m1/s1. The summed E-state index contributed by atoms with van der Waals surface area (Å²) in [5.74, 6) is -2.85. The van der Waals surface area contributed by atoms with Crippen LogP contribution in [0, 0.1) is 11.8 Å². The molecule has 3 aromatic rings. The minimum absolute atomic E-state index is 0.00154. The summed E-state index contributed by atoms with van der Waals surface area (Å²) in [5.41, 5.74) is 3.53. The number of ether oxygens (including phenoxy) is 4. The molecular formula is C56H80N6O11. The van der Waals surface area contributed by atoms with Gasteiger partial charge in [0.2, 0.25) is 17.7 Å². The van der Waals surface area contributed by atoms with E-state index in [1.165, 1.54) is 0 Å². The van der Waals surface area contributed by atoms with E-state index in [0.29, 0.717) is 25.7 Å². The minimum Gasteiger partial charge on any atom is -0.459 e. The lowest BCUT2D eigenvalue weighted by Gasteiger charge is -2.27. The van der Waals surface area contributed by atoms with E-state index in [1.807, 2.05) is 107 Å². The molecule has 0 unspecified atom stereocenters. The largest absolute Gasteiger partial charge is 0.459 e. The Morgan fingerprint density at radius 3 is 1.41 bits per heavy atom. The number of hydrogen-bond acceptors (Lipinski definition) is 11. The highest BCUT2D eigenvalue weighted by molar-refractivity contribution is 5.95. The zero-order valence-corrected chi connectivity index (χ0v) is 44.5. The third kappa shape index (κ3) is 21.2. The number of esters is 1. The Kier molecular flexibility index (Phi) is 23.0. The number of rotatable bonds is 26. The van der Waals surface area contributed by atoms with Gasteiger partial charge in [-0.15, -0.1) is 0 Å². The lowest BCUT2D eigenvalue weighted by molar-refractivity contribution is -0.150. The molecule has 0 heterocycles. The highest BCUT2D eigenvalue weighted by Crippen LogP contribution is 2.44. The molecule has 6 amide bonds. The second-order valence-corrected chi connectivity index (χ2v) is 21.4. The molecule has 0 aromatic heterocycles. The van der Waals surface area contributed by atoms with E-state index in [-0.39, 0.29) is 69.7 Å². The van der Waals surface area contributed by atoms with Gasteiger partial charge in [0.05, 0.1) is 0 Å². The second kappa shape index (κ2) is 28.6. The van der Waals surface area contributed by atoms with E-state index in [9.17, 15) is 33.6 Å². The quantitative estimate of drug-likeness (QED) is 0.0254. The fraction of sp³-hybridized carbons (Fsp3) is 0.554. The second-order valence-electron chi connectivity index (χ2n) is 21.4. The lowest BCUT2D eigenvalue weighted by atomic mass is 9.98. The van der Waals surface area contributed by atoms with E-state index in [2.05, 4.69) is 31.9 Å². The Morgan fingerprint density at radius 2 is 0.918 bits per heavy atom. The van der Waals surface area contributed by atoms with Crippen LogP contribution in [0.25, 0.3) is 11.1 Å². The first-order valence-corrected chi connectivity index (χ1v) is 25.7. The van der Waals surface area contributed by atoms with Gasteiger partial charge in [0, 0.05) is 19.0 Å². The highest BCUT2D eigenvalue weighted by atomic mass is 16.6. The maximum atomic E-state index is 14.5. The van der Waals surface area contributed by atoms with E-state index in [1.54, 1.807) is 41.5 Å². The molecule has 0 bridgehead atoms. The van der Waals surface area contributed by atoms with Crippen molar-refractivity contribution in [2.75, 3.05) is 19.7 Å². The number of carbonyl (C=O) groups excluding carboxylic acids is 7. The summed E-state index contributed by atoms with van der Waals surface area (Å²) in [7, 11) is 0. The van der Waals surface area contributed by atoms with Gasteiger partial charge in [-0.05, 0) is 133 Å². The number of alkyl carbamates (subject to hydrolysis) is 3. The van der Waals surface area contributed by atoms with Crippen molar-refractivity contribution in [1.29, 1.82) is 0 Å². The lowest BCUT2D eigenvalue weighted by Crippen LogP contribution is -2.58. The predicted octanol–water partition coefficient (Wildman–Crippen LogP) is 8.57. The molecule has 17 nitrogen and oxygen atoms in total. The number of carbonyl (C=O) groups is 7. The van der Waals surface area contributed by atoms with Crippen molar-refractivity contribution in [2.24, 2.45) is 11.8 Å². The molecule has 1 aliphatic rings. The Balaban J connectivity index is 1.54. The molecule has 0 spiro atoms. The molecule has 17 heteroatoms. The van der Waals surface area contributed by atoms with Crippen molar-refractivity contribution in [3.8, 4) is 11.1 Å². The van der Waals surface area contributed by atoms with Crippen LogP contribution in [0.5, 0.6) is 0 Å². The fourth-order valence-corrected chi connectivity index (χ4v) is 8.31. The van der Waals surface area contributed by atoms with Crippen LogP contribution in [-0.2, 0) is 44.7 Å². The number of unbranched alkanes of at least 4 members (excludes halogenated alkanes) is 2.